The lowest BCUT2D eigenvalue weighted by Gasteiger charge is -2.25. The van der Waals surface area contributed by atoms with Crippen molar-refractivity contribution in [3.63, 3.8) is 0 Å². The second-order valence-electron chi connectivity index (χ2n) is 6.93. The summed E-state index contributed by atoms with van der Waals surface area (Å²) in [6.45, 7) is 1.59. The highest BCUT2D eigenvalue weighted by Gasteiger charge is 2.50. The number of hydrogen-bond acceptors (Lipinski definition) is 5. The molecule has 152 valence electrons. The molecule has 6 nitrogen and oxygen atoms in total. The standard InChI is InChI=1S/C20H19FN2O4S2/c1-13(27-14-7-3-2-4-8-14)19(24)22-20-23(16-10-6-5-9-15(16)21)17-11-29(25,26)12-18(17)28-20/h2-10,13,17-18H,11-12H2,1H3/t13-,17-,18+/m1/s1. The van der Waals surface area contributed by atoms with Gasteiger partial charge in [-0.2, -0.15) is 4.99 Å². The van der Waals surface area contributed by atoms with Crippen LogP contribution in [0.1, 0.15) is 6.92 Å². The van der Waals surface area contributed by atoms with E-state index in [1.165, 1.54) is 17.8 Å². The molecule has 0 bridgehead atoms. The van der Waals surface area contributed by atoms with Crippen LogP contribution in [-0.2, 0) is 14.6 Å². The van der Waals surface area contributed by atoms with Crippen LogP contribution in [0.4, 0.5) is 10.1 Å². The minimum absolute atomic E-state index is 0.0173. The molecule has 0 unspecified atom stereocenters. The number of fused-ring (bicyclic) bond motifs is 1. The van der Waals surface area contributed by atoms with Crippen LogP contribution in [0.25, 0.3) is 0 Å². The third-order valence-corrected chi connectivity index (χ3v) is 8.00. The summed E-state index contributed by atoms with van der Waals surface area (Å²) in [4.78, 5) is 18.4. The first kappa shape index (κ1) is 19.9. The maximum Gasteiger partial charge on any atom is 0.288 e. The maximum atomic E-state index is 14.5. The molecule has 0 N–H and O–H groups in total. The SMILES string of the molecule is C[C@@H](Oc1ccccc1)C(=O)N=C1S[C@H]2CS(=O)(=O)C[C@H]2N1c1ccccc1F. The van der Waals surface area contributed by atoms with Crippen LogP contribution in [0.3, 0.4) is 0 Å². The zero-order valence-electron chi connectivity index (χ0n) is 15.6. The molecule has 2 aromatic carbocycles. The Labute approximate surface area is 172 Å². The van der Waals surface area contributed by atoms with Gasteiger partial charge < -0.3 is 9.64 Å². The summed E-state index contributed by atoms with van der Waals surface area (Å²) in [5.41, 5.74) is 0.216. The van der Waals surface area contributed by atoms with Gasteiger partial charge in [-0.1, -0.05) is 42.1 Å². The molecular formula is C20H19FN2O4S2. The molecule has 9 heteroatoms. The van der Waals surface area contributed by atoms with Gasteiger partial charge in [0.2, 0.25) is 0 Å². The van der Waals surface area contributed by atoms with Crippen molar-refractivity contribution in [2.45, 2.75) is 24.3 Å². The fourth-order valence-electron chi connectivity index (χ4n) is 3.43. The van der Waals surface area contributed by atoms with E-state index in [1.807, 2.05) is 6.07 Å². The number of amidine groups is 1. The number of aliphatic imine (C=N–C) groups is 1. The van der Waals surface area contributed by atoms with E-state index in [1.54, 1.807) is 54.3 Å². The van der Waals surface area contributed by atoms with Crippen LogP contribution in [0.5, 0.6) is 5.75 Å². The van der Waals surface area contributed by atoms with Crippen molar-refractivity contribution in [2.24, 2.45) is 4.99 Å². The van der Waals surface area contributed by atoms with Crippen molar-refractivity contribution >= 4 is 38.4 Å². The molecule has 2 aromatic rings. The Balaban J connectivity index is 1.63. The molecule has 0 spiro atoms. The highest BCUT2D eigenvalue weighted by molar-refractivity contribution is 8.16. The zero-order valence-corrected chi connectivity index (χ0v) is 17.2. The first-order valence-corrected chi connectivity index (χ1v) is 11.8. The number of thioether (sulfide) groups is 1. The molecule has 2 heterocycles. The number of benzene rings is 2. The number of amides is 1. The summed E-state index contributed by atoms with van der Waals surface area (Å²) in [5.74, 6) is -0.576. The van der Waals surface area contributed by atoms with Crippen molar-refractivity contribution < 1.29 is 22.3 Å². The van der Waals surface area contributed by atoms with E-state index in [-0.39, 0.29) is 22.4 Å². The molecule has 0 radical (unpaired) electrons. The van der Waals surface area contributed by atoms with Gasteiger partial charge in [0.15, 0.2) is 21.1 Å². The Morgan fingerprint density at radius 2 is 1.86 bits per heavy atom. The largest absolute Gasteiger partial charge is 0.481 e. The predicted molar refractivity (Wildman–Crippen MR) is 112 cm³/mol. The van der Waals surface area contributed by atoms with Gasteiger partial charge >= 0.3 is 0 Å². The van der Waals surface area contributed by atoms with Gasteiger partial charge in [-0.3, -0.25) is 4.79 Å². The van der Waals surface area contributed by atoms with Gasteiger partial charge in [0, 0.05) is 5.25 Å². The Morgan fingerprint density at radius 3 is 2.59 bits per heavy atom. The van der Waals surface area contributed by atoms with Gasteiger partial charge in [-0.15, -0.1) is 0 Å². The van der Waals surface area contributed by atoms with Gasteiger partial charge in [0.1, 0.15) is 11.6 Å². The Kier molecular flexibility index (Phi) is 5.35. The van der Waals surface area contributed by atoms with Crippen LogP contribution in [-0.4, -0.2) is 48.4 Å². The van der Waals surface area contributed by atoms with Gasteiger partial charge in [-0.05, 0) is 31.2 Å². The molecule has 1 amide bonds. The number of para-hydroxylation sites is 2. The summed E-state index contributed by atoms with van der Waals surface area (Å²) in [6.07, 6.45) is -0.836. The minimum atomic E-state index is -3.22. The second-order valence-corrected chi connectivity index (χ2v) is 10.3. The Hall–Kier alpha value is -2.39. The Morgan fingerprint density at radius 1 is 1.17 bits per heavy atom. The van der Waals surface area contributed by atoms with Crippen molar-refractivity contribution in [1.82, 2.24) is 0 Å². The van der Waals surface area contributed by atoms with E-state index in [0.717, 1.165) is 0 Å². The lowest BCUT2D eigenvalue weighted by atomic mass is 10.2. The average Bonchev–Trinajstić information content (AvgIpc) is 3.14. The van der Waals surface area contributed by atoms with E-state index in [0.29, 0.717) is 10.9 Å². The lowest BCUT2D eigenvalue weighted by molar-refractivity contribution is -0.123. The van der Waals surface area contributed by atoms with Gasteiger partial charge in [0.05, 0.1) is 23.2 Å². The molecule has 2 aliphatic rings. The lowest BCUT2D eigenvalue weighted by Crippen LogP contribution is -2.38. The minimum Gasteiger partial charge on any atom is -0.481 e. The van der Waals surface area contributed by atoms with E-state index >= 15 is 0 Å². The van der Waals surface area contributed by atoms with E-state index in [2.05, 4.69) is 4.99 Å². The summed E-state index contributed by atoms with van der Waals surface area (Å²) in [5, 5.41) is 0.00464. The zero-order chi connectivity index (χ0) is 20.6. The van der Waals surface area contributed by atoms with Gasteiger partial charge in [-0.25, -0.2) is 12.8 Å². The third-order valence-electron chi connectivity index (χ3n) is 4.79. The van der Waals surface area contributed by atoms with Crippen LogP contribution in [0.2, 0.25) is 0 Å². The summed E-state index contributed by atoms with van der Waals surface area (Å²) in [7, 11) is -3.22. The molecule has 2 fully saturated rings. The number of hydrogen-bond donors (Lipinski definition) is 0. The molecule has 0 aliphatic carbocycles. The van der Waals surface area contributed by atoms with E-state index in [9.17, 15) is 17.6 Å². The number of carbonyl (C=O) groups excluding carboxylic acids is 1. The van der Waals surface area contributed by atoms with Crippen LogP contribution >= 0.6 is 11.8 Å². The summed E-state index contributed by atoms with van der Waals surface area (Å²) >= 11 is 1.20. The number of carbonyl (C=O) groups is 1. The highest BCUT2D eigenvalue weighted by Crippen LogP contribution is 2.41. The number of sulfone groups is 1. The number of anilines is 1. The van der Waals surface area contributed by atoms with E-state index in [4.69, 9.17) is 4.74 Å². The first-order valence-electron chi connectivity index (χ1n) is 9.09. The number of rotatable bonds is 4. The van der Waals surface area contributed by atoms with Crippen molar-refractivity contribution in [3.05, 3.63) is 60.4 Å². The summed E-state index contributed by atoms with van der Waals surface area (Å²) < 4.78 is 44.3. The van der Waals surface area contributed by atoms with Crippen molar-refractivity contribution in [3.8, 4) is 5.75 Å². The molecule has 3 atom stereocenters. The third kappa shape index (κ3) is 4.16. The molecular weight excluding hydrogens is 415 g/mol. The predicted octanol–water partition coefficient (Wildman–Crippen LogP) is 2.89. The molecule has 0 saturated carbocycles. The highest BCUT2D eigenvalue weighted by atomic mass is 32.2. The van der Waals surface area contributed by atoms with Crippen molar-refractivity contribution in [1.29, 1.82) is 0 Å². The van der Waals surface area contributed by atoms with E-state index < -0.39 is 33.7 Å². The fourth-order valence-corrected chi connectivity index (χ4v) is 7.34. The van der Waals surface area contributed by atoms with Crippen LogP contribution in [0.15, 0.2) is 59.6 Å². The van der Waals surface area contributed by atoms with Crippen molar-refractivity contribution in [2.75, 3.05) is 16.4 Å². The summed E-state index contributed by atoms with van der Waals surface area (Å²) in [6, 6.07) is 14.5. The monoisotopic (exact) mass is 434 g/mol. The maximum absolute atomic E-state index is 14.5. The average molecular weight is 435 g/mol. The Bertz CT molecular complexity index is 1060. The molecule has 4 rings (SSSR count). The first-order chi connectivity index (χ1) is 13.8. The molecule has 29 heavy (non-hydrogen) atoms. The normalized spacial score (nSPS) is 25.0. The van der Waals surface area contributed by atoms with Crippen LogP contribution < -0.4 is 9.64 Å². The van der Waals surface area contributed by atoms with Gasteiger partial charge in [0.25, 0.3) is 5.91 Å². The molecule has 2 aliphatic heterocycles. The second kappa shape index (κ2) is 7.79. The molecule has 0 aromatic heterocycles. The number of ether oxygens (including phenoxy) is 1. The van der Waals surface area contributed by atoms with Crippen LogP contribution in [0, 0.1) is 5.82 Å². The quantitative estimate of drug-likeness (QED) is 0.737. The fraction of sp³-hybridized carbons (Fsp3) is 0.300. The number of nitrogens with zero attached hydrogens (tertiary/aromatic N) is 2. The number of halogens is 1. The molecule has 2 saturated heterocycles. The smallest absolute Gasteiger partial charge is 0.288 e. The topological polar surface area (TPSA) is 76.0 Å².